The number of ketones is 1. The molecule has 0 atom stereocenters. The van der Waals surface area contributed by atoms with Gasteiger partial charge in [0.2, 0.25) is 0 Å². The van der Waals surface area contributed by atoms with Crippen molar-refractivity contribution in [1.82, 2.24) is 0 Å². The number of aliphatic hydroxyl groups excluding tert-OH is 1. The molecule has 2 N–H and O–H groups in total. The molecule has 0 fully saturated rings. The van der Waals surface area contributed by atoms with E-state index in [9.17, 15) is 9.59 Å². The van der Waals surface area contributed by atoms with Gasteiger partial charge in [-0.25, -0.2) is 4.79 Å². The molecule has 0 spiro atoms. The zero-order chi connectivity index (χ0) is 9.72. The Balaban J connectivity index is 4.80. The van der Waals surface area contributed by atoms with E-state index in [0.29, 0.717) is 6.42 Å². The highest BCUT2D eigenvalue weighted by molar-refractivity contribution is 6.15. The Kier molecular flexibility index (Phi) is 4.04. The van der Waals surface area contributed by atoms with Gasteiger partial charge in [0.15, 0.2) is 5.78 Å². The molecule has 0 radical (unpaired) electrons. The molecule has 0 amide bonds. The highest BCUT2D eigenvalue weighted by Gasteiger charge is 2.17. The fourth-order valence-electron chi connectivity index (χ4n) is 0.839. The lowest BCUT2D eigenvalue weighted by Crippen LogP contribution is -2.12. The Hall–Kier alpha value is -1.32. The second-order valence-electron chi connectivity index (χ2n) is 2.43. The first-order valence-corrected chi connectivity index (χ1v) is 3.67. The lowest BCUT2D eigenvalue weighted by molar-refractivity contribution is -0.134. The molecule has 0 aliphatic rings. The first-order valence-electron chi connectivity index (χ1n) is 3.67. The second kappa shape index (κ2) is 4.54. The van der Waals surface area contributed by atoms with Crippen molar-refractivity contribution in [3.8, 4) is 0 Å². The second-order valence-corrected chi connectivity index (χ2v) is 2.43. The van der Waals surface area contributed by atoms with Crippen LogP contribution in [0.4, 0.5) is 0 Å². The monoisotopic (exact) mass is 172 g/mol. The van der Waals surface area contributed by atoms with Crippen molar-refractivity contribution >= 4 is 11.8 Å². The Morgan fingerprint density at radius 2 is 1.75 bits per heavy atom. The van der Waals surface area contributed by atoms with Gasteiger partial charge in [0, 0.05) is 6.42 Å². The van der Waals surface area contributed by atoms with Crippen molar-refractivity contribution in [2.24, 2.45) is 0 Å². The van der Waals surface area contributed by atoms with Crippen molar-refractivity contribution in [2.45, 2.75) is 26.7 Å². The molecule has 0 bridgehead atoms. The summed E-state index contributed by atoms with van der Waals surface area (Å²) in [5.41, 5.74) is -0.503. The average Bonchev–Trinajstić information content (AvgIpc) is 1.85. The van der Waals surface area contributed by atoms with E-state index in [-0.39, 0.29) is 12.2 Å². The van der Waals surface area contributed by atoms with E-state index >= 15 is 0 Å². The van der Waals surface area contributed by atoms with E-state index < -0.39 is 17.3 Å². The number of hydrogen-bond donors (Lipinski definition) is 2. The number of carbonyl (C=O) groups excluding carboxylic acids is 1. The average molecular weight is 172 g/mol. The Morgan fingerprint density at radius 1 is 1.25 bits per heavy atom. The fourth-order valence-corrected chi connectivity index (χ4v) is 0.839. The summed E-state index contributed by atoms with van der Waals surface area (Å²) in [7, 11) is 0. The Morgan fingerprint density at radius 3 is 2.00 bits per heavy atom. The molecule has 68 valence electrons. The Bertz CT molecular complexity index is 211. The molecule has 0 aliphatic heterocycles. The van der Waals surface area contributed by atoms with Gasteiger partial charge in [0.25, 0.3) is 0 Å². The summed E-state index contributed by atoms with van der Waals surface area (Å²) >= 11 is 0. The van der Waals surface area contributed by atoms with Crippen LogP contribution in [0, 0.1) is 0 Å². The van der Waals surface area contributed by atoms with Gasteiger partial charge in [-0.2, -0.15) is 0 Å². The maximum absolute atomic E-state index is 10.7. The number of aliphatic carboxylic acids is 1. The first-order chi connectivity index (χ1) is 5.50. The zero-order valence-corrected chi connectivity index (χ0v) is 7.13. The van der Waals surface area contributed by atoms with Crippen LogP contribution < -0.4 is 0 Å². The van der Waals surface area contributed by atoms with Crippen LogP contribution in [-0.4, -0.2) is 22.0 Å². The van der Waals surface area contributed by atoms with Gasteiger partial charge in [0.05, 0.1) is 0 Å². The topological polar surface area (TPSA) is 74.6 Å². The number of rotatable bonds is 4. The molecule has 0 aromatic rings. The number of carboxylic acid groups (broad SMARTS) is 1. The molecule has 0 rings (SSSR count). The highest BCUT2D eigenvalue weighted by atomic mass is 16.4. The molecule has 0 aromatic heterocycles. The lowest BCUT2D eigenvalue weighted by Gasteiger charge is -2.01. The molecule has 0 unspecified atom stereocenters. The van der Waals surface area contributed by atoms with Gasteiger partial charge < -0.3 is 10.2 Å². The molecule has 0 saturated heterocycles. The Labute approximate surface area is 70.5 Å². The van der Waals surface area contributed by atoms with Gasteiger partial charge >= 0.3 is 5.97 Å². The van der Waals surface area contributed by atoms with Gasteiger partial charge in [-0.15, -0.1) is 0 Å². The van der Waals surface area contributed by atoms with Crippen LogP contribution in [0.15, 0.2) is 11.3 Å². The molecular weight excluding hydrogens is 160 g/mol. The summed E-state index contributed by atoms with van der Waals surface area (Å²) in [6, 6.07) is 0. The summed E-state index contributed by atoms with van der Waals surface area (Å²) in [5, 5.41) is 17.6. The molecular formula is C8H12O4. The largest absolute Gasteiger partial charge is 0.511 e. The summed E-state index contributed by atoms with van der Waals surface area (Å²) in [6.07, 6.45) is 0.830. The summed E-state index contributed by atoms with van der Waals surface area (Å²) in [6.45, 7) is 2.91. The van der Waals surface area contributed by atoms with Crippen LogP contribution in [0.3, 0.4) is 0 Å². The molecule has 0 aliphatic carbocycles. The van der Waals surface area contributed by atoms with Gasteiger partial charge in [-0.05, 0) is 13.3 Å². The maximum Gasteiger partial charge on any atom is 0.342 e. The molecule has 0 heterocycles. The van der Waals surface area contributed by atoms with Crippen LogP contribution >= 0.6 is 0 Å². The van der Waals surface area contributed by atoms with E-state index in [0.717, 1.165) is 6.92 Å². The summed E-state index contributed by atoms with van der Waals surface area (Å²) in [4.78, 5) is 21.1. The predicted octanol–water partition coefficient (Wildman–Crippen LogP) is 1.27. The lowest BCUT2D eigenvalue weighted by atomic mass is 10.1. The third kappa shape index (κ3) is 2.74. The summed E-state index contributed by atoms with van der Waals surface area (Å²) < 4.78 is 0. The van der Waals surface area contributed by atoms with Crippen LogP contribution in [0.25, 0.3) is 0 Å². The smallest absolute Gasteiger partial charge is 0.342 e. The standard InChI is InChI=1S/C8H12O4/c1-3-4-6(10)7(5(2)9)8(11)12/h10H,3-4H2,1-2H3,(H,11,12)/b7-6+. The van der Waals surface area contributed by atoms with Gasteiger partial charge in [0.1, 0.15) is 11.3 Å². The maximum atomic E-state index is 10.7. The highest BCUT2D eigenvalue weighted by Crippen LogP contribution is 2.09. The molecule has 0 saturated carbocycles. The van der Waals surface area contributed by atoms with Crippen LogP contribution in [0.1, 0.15) is 26.7 Å². The van der Waals surface area contributed by atoms with E-state index in [2.05, 4.69) is 0 Å². The zero-order valence-electron chi connectivity index (χ0n) is 7.13. The minimum Gasteiger partial charge on any atom is -0.511 e. The quantitative estimate of drug-likeness (QED) is 0.290. The van der Waals surface area contributed by atoms with Crippen molar-refractivity contribution < 1.29 is 19.8 Å². The van der Waals surface area contributed by atoms with Crippen molar-refractivity contribution in [3.63, 3.8) is 0 Å². The van der Waals surface area contributed by atoms with E-state index in [1.807, 2.05) is 0 Å². The van der Waals surface area contributed by atoms with Gasteiger partial charge in [-0.1, -0.05) is 6.92 Å². The molecule has 0 aromatic carbocycles. The number of aliphatic hydroxyl groups is 1. The van der Waals surface area contributed by atoms with Crippen LogP contribution in [0.2, 0.25) is 0 Å². The first kappa shape index (κ1) is 10.7. The minimum absolute atomic E-state index is 0.223. The van der Waals surface area contributed by atoms with E-state index in [1.165, 1.54) is 0 Å². The molecule has 4 heteroatoms. The van der Waals surface area contributed by atoms with E-state index in [1.54, 1.807) is 6.92 Å². The molecule has 4 nitrogen and oxygen atoms in total. The number of carbonyl (C=O) groups is 2. The van der Waals surface area contributed by atoms with Crippen molar-refractivity contribution in [1.29, 1.82) is 0 Å². The van der Waals surface area contributed by atoms with E-state index in [4.69, 9.17) is 10.2 Å². The number of allylic oxidation sites excluding steroid dienone is 1. The fraction of sp³-hybridized carbons (Fsp3) is 0.500. The van der Waals surface area contributed by atoms with Crippen molar-refractivity contribution in [2.75, 3.05) is 0 Å². The third-order valence-electron chi connectivity index (χ3n) is 1.34. The minimum atomic E-state index is -1.37. The normalized spacial score (nSPS) is 12.2. The SMILES string of the molecule is CCC/C(O)=C(/C(C)=O)C(=O)O. The van der Waals surface area contributed by atoms with Crippen molar-refractivity contribution in [3.05, 3.63) is 11.3 Å². The number of hydrogen-bond acceptors (Lipinski definition) is 3. The number of carboxylic acids is 1. The van der Waals surface area contributed by atoms with Crippen LogP contribution in [-0.2, 0) is 9.59 Å². The van der Waals surface area contributed by atoms with Gasteiger partial charge in [-0.3, -0.25) is 4.79 Å². The predicted molar refractivity (Wildman–Crippen MR) is 42.9 cm³/mol. The molecule has 12 heavy (non-hydrogen) atoms. The number of Topliss-reactive ketones (excluding diaryl/α,β-unsaturated/α-hetero) is 1. The van der Waals surface area contributed by atoms with Crippen LogP contribution in [0.5, 0.6) is 0 Å². The third-order valence-corrected chi connectivity index (χ3v) is 1.34. The summed E-state index contributed by atoms with van der Waals surface area (Å²) in [5.74, 6) is -2.32.